The first kappa shape index (κ1) is 12.5. The molecule has 19 heavy (non-hydrogen) atoms. The van der Waals surface area contributed by atoms with Gasteiger partial charge in [0.25, 0.3) is 0 Å². The molecule has 95 valence electrons. The van der Waals surface area contributed by atoms with Crippen molar-refractivity contribution in [2.45, 2.75) is 13.2 Å². The predicted molar refractivity (Wildman–Crippen MR) is 79.9 cm³/mol. The molecule has 0 unspecified atom stereocenters. The maximum atomic E-state index is 9.50. The summed E-state index contributed by atoms with van der Waals surface area (Å²) in [5.74, 6) is 0. The fraction of sp³-hybridized carbons (Fsp3) is 0.125. The maximum Gasteiger partial charge on any atom is 0.0839 e. The van der Waals surface area contributed by atoms with E-state index in [1.54, 1.807) is 0 Å². The van der Waals surface area contributed by atoms with Gasteiger partial charge in [0.15, 0.2) is 0 Å². The third kappa shape index (κ3) is 2.44. The Morgan fingerprint density at radius 2 is 1.89 bits per heavy atom. The zero-order chi connectivity index (χ0) is 13.2. The molecular weight excluding hydrogens is 302 g/mol. The Hall–Kier alpha value is -1.58. The number of hydrogen-bond donors (Lipinski definition) is 1. The molecule has 0 saturated carbocycles. The molecule has 0 atom stereocenters. The van der Waals surface area contributed by atoms with Gasteiger partial charge >= 0.3 is 0 Å². The van der Waals surface area contributed by atoms with Crippen LogP contribution in [0.2, 0.25) is 0 Å². The second-order valence-electron chi connectivity index (χ2n) is 4.46. The second kappa shape index (κ2) is 5.19. The number of benzene rings is 2. The fourth-order valence-corrected chi connectivity index (χ4v) is 2.64. The van der Waals surface area contributed by atoms with E-state index in [0.717, 1.165) is 27.6 Å². The van der Waals surface area contributed by atoms with Crippen LogP contribution >= 0.6 is 15.9 Å². The zero-order valence-corrected chi connectivity index (χ0v) is 11.9. The summed E-state index contributed by atoms with van der Waals surface area (Å²) in [7, 11) is 0. The first-order valence-corrected chi connectivity index (χ1v) is 6.92. The summed E-state index contributed by atoms with van der Waals surface area (Å²) in [4.78, 5) is 0. The minimum Gasteiger partial charge on any atom is -0.390 e. The van der Waals surface area contributed by atoms with Gasteiger partial charge in [-0.3, -0.25) is 0 Å². The van der Waals surface area contributed by atoms with Crippen LogP contribution in [-0.4, -0.2) is 9.67 Å². The number of aromatic nitrogens is 1. The van der Waals surface area contributed by atoms with Crippen molar-refractivity contribution in [2.75, 3.05) is 0 Å². The Kier molecular flexibility index (Phi) is 3.40. The molecule has 3 heteroatoms. The molecule has 1 heterocycles. The number of rotatable bonds is 3. The fourth-order valence-electron chi connectivity index (χ4n) is 2.28. The summed E-state index contributed by atoms with van der Waals surface area (Å²) < 4.78 is 3.13. The van der Waals surface area contributed by atoms with Crippen molar-refractivity contribution in [2.24, 2.45) is 0 Å². The van der Waals surface area contributed by atoms with Gasteiger partial charge in [-0.2, -0.15) is 0 Å². The number of hydrogen-bond acceptors (Lipinski definition) is 1. The number of nitrogens with zero attached hydrogens (tertiary/aromatic N) is 1. The monoisotopic (exact) mass is 314 g/mol. The number of halogens is 1. The van der Waals surface area contributed by atoms with Crippen LogP contribution in [0.5, 0.6) is 0 Å². The molecule has 2 aromatic carbocycles. The average Bonchev–Trinajstić information content (AvgIpc) is 2.77. The summed E-state index contributed by atoms with van der Waals surface area (Å²) in [6, 6.07) is 19.6. The van der Waals surface area contributed by atoms with Gasteiger partial charge < -0.3 is 9.67 Å². The third-order valence-electron chi connectivity index (χ3n) is 3.19. The first-order valence-electron chi connectivity index (χ1n) is 6.12. The largest absolute Gasteiger partial charge is 0.390 e. The van der Waals surface area contributed by atoms with Crippen LogP contribution in [0.4, 0.5) is 0 Å². The number of fused-ring (bicyclic) bond motifs is 1. The average molecular weight is 315 g/mol. The van der Waals surface area contributed by atoms with Crippen molar-refractivity contribution < 1.29 is 5.11 Å². The van der Waals surface area contributed by atoms with Crippen LogP contribution in [0.1, 0.15) is 11.3 Å². The van der Waals surface area contributed by atoms with E-state index in [1.165, 1.54) is 5.56 Å². The number of aliphatic hydroxyl groups excluding tert-OH is 1. The van der Waals surface area contributed by atoms with Crippen molar-refractivity contribution in [1.29, 1.82) is 0 Å². The van der Waals surface area contributed by atoms with E-state index in [9.17, 15) is 5.11 Å². The van der Waals surface area contributed by atoms with Gasteiger partial charge in [0.05, 0.1) is 12.3 Å². The Morgan fingerprint density at radius 3 is 2.63 bits per heavy atom. The lowest BCUT2D eigenvalue weighted by Gasteiger charge is -2.09. The SMILES string of the molecule is OCc1[c]c2cc(Br)ccc2n1Cc1ccccc1. The third-order valence-corrected chi connectivity index (χ3v) is 3.68. The van der Waals surface area contributed by atoms with E-state index in [2.05, 4.69) is 44.8 Å². The number of aliphatic hydroxyl groups is 1. The minimum atomic E-state index is -0.000860. The molecule has 1 N–H and O–H groups in total. The summed E-state index contributed by atoms with van der Waals surface area (Å²) >= 11 is 3.46. The highest BCUT2D eigenvalue weighted by atomic mass is 79.9. The molecule has 1 radical (unpaired) electrons. The van der Waals surface area contributed by atoms with Gasteiger partial charge in [0.2, 0.25) is 0 Å². The Balaban J connectivity index is 2.11. The highest BCUT2D eigenvalue weighted by molar-refractivity contribution is 9.10. The van der Waals surface area contributed by atoms with Crippen LogP contribution < -0.4 is 0 Å². The van der Waals surface area contributed by atoms with Crippen molar-refractivity contribution in [3.63, 3.8) is 0 Å². The van der Waals surface area contributed by atoms with Crippen molar-refractivity contribution in [3.05, 3.63) is 70.3 Å². The quantitative estimate of drug-likeness (QED) is 0.782. The predicted octanol–water partition coefficient (Wildman–Crippen LogP) is 3.74. The van der Waals surface area contributed by atoms with E-state index in [-0.39, 0.29) is 6.61 Å². The lowest BCUT2D eigenvalue weighted by Crippen LogP contribution is -2.04. The van der Waals surface area contributed by atoms with Gasteiger partial charge in [0.1, 0.15) is 0 Å². The van der Waals surface area contributed by atoms with Crippen molar-refractivity contribution >= 4 is 26.8 Å². The molecule has 0 aliphatic heterocycles. The van der Waals surface area contributed by atoms with E-state index >= 15 is 0 Å². The van der Waals surface area contributed by atoms with Crippen molar-refractivity contribution in [1.82, 2.24) is 4.57 Å². The lowest BCUT2D eigenvalue weighted by molar-refractivity contribution is 0.272. The van der Waals surface area contributed by atoms with E-state index < -0.39 is 0 Å². The summed E-state index contributed by atoms with van der Waals surface area (Å²) in [6.07, 6.45) is 0. The molecule has 0 aliphatic rings. The van der Waals surface area contributed by atoms with E-state index in [1.807, 2.05) is 30.3 Å². The molecule has 0 fully saturated rings. The Morgan fingerprint density at radius 1 is 1.11 bits per heavy atom. The standard InChI is InChI=1S/C16H13BrNO/c17-14-6-7-16-13(8-14)9-15(11-19)18(16)10-12-4-2-1-3-5-12/h1-8,19H,10-11H2. The molecule has 2 nitrogen and oxygen atoms in total. The Labute approximate surface area is 120 Å². The molecule has 3 rings (SSSR count). The van der Waals surface area contributed by atoms with Gasteiger partial charge in [0, 0.05) is 28.0 Å². The van der Waals surface area contributed by atoms with E-state index in [0.29, 0.717) is 0 Å². The normalized spacial score (nSPS) is 11.1. The minimum absolute atomic E-state index is 0.000860. The first-order chi connectivity index (χ1) is 9.28. The van der Waals surface area contributed by atoms with Gasteiger partial charge in [-0.1, -0.05) is 46.3 Å². The van der Waals surface area contributed by atoms with Crippen LogP contribution in [0.3, 0.4) is 0 Å². The van der Waals surface area contributed by atoms with Crippen molar-refractivity contribution in [3.8, 4) is 0 Å². The lowest BCUT2D eigenvalue weighted by atomic mass is 10.2. The molecular formula is C16H13BrNO. The summed E-state index contributed by atoms with van der Waals surface area (Å²) in [5.41, 5.74) is 3.12. The van der Waals surface area contributed by atoms with Gasteiger partial charge in [-0.05, 0) is 23.8 Å². The molecule has 3 aromatic rings. The second-order valence-corrected chi connectivity index (χ2v) is 5.38. The van der Waals surface area contributed by atoms with Crippen LogP contribution in [0.25, 0.3) is 10.9 Å². The molecule has 0 saturated heterocycles. The van der Waals surface area contributed by atoms with Gasteiger partial charge in [-0.15, -0.1) is 0 Å². The topological polar surface area (TPSA) is 25.2 Å². The van der Waals surface area contributed by atoms with Gasteiger partial charge in [-0.25, -0.2) is 0 Å². The molecule has 0 aliphatic carbocycles. The molecule has 0 bridgehead atoms. The highest BCUT2D eigenvalue weighted by Crippen LogP contribution is 2.24. The zero-order valence-electron chi connectivity index (χ0n) is 10.3. The summed E-state index contributed by atoms with van der Waals surface area (Å²) in [6.45, 7) is 0.748. The molecule has 1 aromatic heterocycles. The van der Waals surface area contributed by atoms with Crippen LogP contribution in [-0.2, 0) is 13.2 Å². The maximum absolute atomic E-state index is 9.50. The van der Waals surface area contributed by atoms with Crippen LogP contribution in [0, 0.1) is 6.07 Å². The molecule has 0 spiro atoms. The smallest absolute Gasteiger partial charge is 0.0839 e. The molecule has 0 amide bonds. The van der Waals surface area contributed by atoms with Crippen LogP contribution in [0.15, 0.2) is 53.0 Å². The highest BCUT2D eigenvalue weighted by Gasteiger charge is 2.09. The summed E-state index contributed by atoms with van der Waals surface area (Å²) in [5, 5.41) is 10.5. The Bertz CT molecular complexity index is 703. The van der Waals surface area contributed by atoms with E-state index in [4.69, 9.17) is 0 Å².